The van der Waals surface area contributed by atoms with Gasteiger partial charge in [-0.15, -0.1) is 0 Å². The van der Waals surface area contributed by atoms with Crippen molar-refractivity contribution in [2.24, 2.45) is 0 Å². The van der Waals surface area contributed by atoms with Gasteiger partial charge in [0.2, 0.25) is 0 Å². The van der Waals surface area contributed by atoms with Crippen molar-refractivity contribution in [2.45, 2.75) is 13.0 Å². The zero-order chi connectivity index (χ0) is 14.7. The number of methoxy groups -OCH3 is 2. The van der Waals surface area contributed by atoms with Gasteiger partial charge < -0.3 is 14.6 Å². The van der Waals surface area contributed by atoms with Gasteiger partial charge in [-0.1, -0.05) is 12.1 Å². The van der Waals surface area contributed by atoms with Crippen LogP contribution in [0.25, 0.3) is 0 Å². The number of hydrogen-bond donors (Lipinski definition) is 1. The van der Waals surface area contributed by atoms with E-state index < -0.39 is 6.10 Å². The van der Waals surface area contributed by atoms with Crippen LogP contribution in [-0.4, -0.2) is 19.3 Å². The lowest BCUT2D eigenvalue weighted by atomic mass is 9.97. The fraction of sp³-hybridized carbons (Fsp3) is 0.250. The fourth-order valence-electron chi connectivity index (χ4n) is 2.15. The summed E-state index contributed by atoms with van der Waals surface area (Å²) in [5.41, 5.74) is 2.66. The van der Waals surface area contributed by atoms with E-state index in [2.05, 4.69) is 22.6 Å². The highest BCUT2D eigenvalue weighted by atomic mass is 127. The smallest absolute Gasteiger partial charge is 0.161 e. The maximum atomic E-state index is 10.6. The molecule has 106 valence electrons. The third kappa shape index (κ3) is 3.07. The number of hydrogen-bond acceptors (Lipinski definition) is 3. The van der Waals surface area contributed by atoms with E-state index in [1.165, 1.54) is 0 Å². The monoisotopic (exact) mass is 384 g/mol. The van der Waals surface area contributed by atoms with Gasteiger partial charge in [0.1, 0.15) is 6.10 Å². The molecule has 0 aromatic heterocycles. The van der Waals surface area contributed by atoms with Gasteiger partial charge in [0.25, 0.3) is 0 Å². The molecule has 20 heavy (non-hydrogen) atoms. The molecule has 0 fully saturated rings. The number of benzene rings is 2. The van der Waals surface area contributed by atoms with Gasteiger partial charge in [-0.05, 0) is 70.5 Å². The zero-order valence-corrected chi connectivity index (χ0v) is 13.8. The molecule has 4 heteroatoms. The molecule has 1 N–H and O–H groups in total. The van der Waals surface area contributed by atoms with Crippen LogP contribution in [0.3, 0.4) is 0 Å². The molecule has 0 spiro atoms. The largest absolute Gasteiger partial charge is 0.493 e. The summed E-state index contributed by atoms with van der Waals surface area (Å²) in [5.74, 6) is 1.29. The molecule has 2 aromatic carbocycles. The molecule has 1 unspecified atom stereocenters. The van der Waals surface area contributed by atoms with Gasteiger partial charge in [-0.3, -0.25) is 0 Å². The quantitative estimate of drug-likeness (QED) is 0.818. The van der Waals surface area contributed by atoms with E-state index in [9.17, 15) is 5.11 Å². The van der Waals surface area contributed by atoms with Crippen LogP contribution < -0.4 is 9.47 Å². The summed E-state index contributed by atoms with van der Waals surface area (Å²) < 4.78 is 11.7. The number of aliphatic hydroxyl groups excluding tert-OH is 1. The van der Waals surface area contributed by atoms with Crippen molar-refractivity contribution in [1.82, 2.24) is 0 Å². The molecule has 0 saturated heterocycles. The first-order chi connectivity index (χ1) is 9.56. The first-order valence-corrected chi connectivity index (χ1v) is 7.30. The molecular weight excluding hydrogens is 367 g/mol. The van der Waals surface area contributed by atoms with Crippen LogP contribution in [0.5, 0.6) is 11.5 Å². The van der Waals surface area contributed by atoms with Crippen LogP contribution in [0.1, 0.15) is 22.8 Å². The second-order valence-electron chi connectivity index (χ2n) is 4.52. The molecule has 0 radical (unpaired) electrons. The molecular formula is C16H17IO3. The summed E-state index contributed by atoms with van der Waals surface area (Å²) in [5, 5.41) is 10.6. The maximum Gasteiger partial charge on any atom is 0.161 e. The normalized spacial score (nSPS) is 12.1. The van der Waals surface area contributed by atoms with Crippen LogP contribution >= 0.6 is 22.6 Å². The van der Waals surface area contributed by atoms with E-state index in [1.807, 2.05) is 43.3 Å². The number of ether oxygens (including phenoxy) is 2. The molecule has 0 aliphatic rings. The van der Waals surface area contributed by atoms with E-state index in [0.29, 0.717) is 11.5 Å². The topological polar surface area (TPSA) is 38.7 Å². The average molecular weight is 384 g/mol. The van der Waals surface area contributed by atoms with Gasteiger partial charge >= 0.3 is 0 Å². The minimum Gasteiger partial charge on any atom is -0.493 e. The zero-order valence-electron chi connectivity index (χ0n) is 11.7. The van der Waals surface area contributed by atoms with Gasteiger partial charge in [-0.2, -0.15) is 0 Å². The third-order valence-electron chi connectivity index (χ3n) is 3.23. The average Bonchev–Trinajstić information content (AvgIpc) is 2.46. The van der Waals surface area contributed by atoms with Crippen molar-refractivity contribution in [2.75, 3.05) is 14.2 Å². The molecule has 0 heterocycles. The van der Waals surface area contributed by atoms with Crippen molar-refractivity contribution >= 4 is 22.6 Å². The van der Waals surface area contributed by atoms with E-state index >= 15 is 0 Å². The van der Waals surface area contributed by atoms with Crippen molar-refractivity contribution in [3.05, 3.63) is 56.7 Å². The summed E-state index contributed by atoms with van der Waals surface area (Å²) in [7, 11) is 3.20. The highest BCUT2D eigenvalue weighted by molar-refractivity contribution is 14.1. The number of aliphatic hydroxyl groups is 1. The van der Waals surface area contributed by atoms with Gasteiger partial charge in [0, 0.05) is 3.57 Å². The Kier molecular flexibility index (Phi) is 4.88. The SMILES string of the molecule is COc1cc(C)c(C(O)c2cccc(I)c2)cc1OC. The van der Waals surface area contributed by atoms with Crippen LogP contribution in [0.4, 0.5) is 0 Å². The standard InChI is InChI=1S/C16H17IO3/c1-10-7-14(19-2)15(20-3)9-13(10)16(18)11-5-4-6-12(17)8-11/h4-9,16,18H,1-3H3. The third-order valence-corrected chi connectivity index (χ3v) is 3.90. The van der Waals surface area contributed by atoms with E-state index in [0.717, 1.165) is 20.3 Å². The lowest BCUT2D eigenvalue weighted by Gasteiger charge is -2.17. The minimum atomic E-state index is -0.676. The highest BCUT2D eigenvalue weighted by Gasteiger charge is 2.17. The second kappa shape index (κ2) is 6.45. The van der Waals surface area contributed by atoms with Crippen LogP contribution in [0.15, 0.2) is 36.4 Å². The Morgan fingerprint density at radius 2 is 1.70 bits per heavy atom. The predicted molar refractivity (Wildman–Crippen MR) is 87.5 cm³/mol. The Labute approximate surface area is 132 Å². The first kappa shape index (κ1) is 15.1. The summed E-state index contributed by atoms with van der Waals surface area (Å²) >= 11 is 2.24. The van der Waals surface area contributed by atoms with Crippen molar-refractivity contribution in [3.8, 4) is 11.5 Å². The molecule has 0 amide bonds. The number of aryl methyl sites for hydroxylation is 1. The molecule has 0 bridgehead atoms. The number of halogens is 1. The van der Waals surface area contributed by atoms with E-state index in [4.69, 9.17) is 9.47 Å². The van der Waals surface area contributed by atoms with Crippen LogP contribution in [0, 0.1) is 10.5 Å². The van der Waals surface area contributed by atoms with Gasteiger partial charge in [-0.25, -0.2) is 0 Å². The van der Waals surface area contributed by atoms with Gasteiger partial charge in [0.15, 0.2) is 11.5 Å². The molecule has 2 rings (SSSR count). The molecule has 2 aromatic rings. The maximum absolute atomic E-state index is 10.6. The predicted octanol–water partition coefficient (Wildman–Crippen LogP) is 3.70. The lowest BCUT2D eigenvalue weighted by molar-refractivity contribution is 0.218. The lowest BCUT2D eigenvalue weighted by Crippen LogP contribution is -2.04. The minimum absolute atomic E-state index is 0.623. The molecule has 0 aliphatic heterocycles. The Morgan fingerprint density at radius 3 is 2.30 bits per heavy atom. The fourth-order valence-corrected chi connectivity index (χ4v) is 2.71. The van der Waals surface area contributed by atoms with Crippen LogP contribution in [0.2, 0.25) is 0 Å². The summed E-state index contributed by atoms with van der Waals surface area (Å²) in [6.45, 7) is 1.95. The second-order valence-corrected chi connectivity index (χ2v) is 5.77. The van der Waals surface area contributed by atoms with Crippen molar-refractivity contribution < 1.29 is 14.6 Å². The summed E-state index contributed by atoms with van der Waals surface area (Å²) in [4.78, 5) is 0. The van der Waals surface area contributed by atoms with Gasteiger partial charge in [0.05, 0.1) is 14.2 Å². The Bertz CT molecular complexity index is 611. The molecule has 0 saturated carbocycles. The summed E-state index contributed by atoms with van der Waals surface area (Å²) in [6, 6.07) is 11.5. The molecule has 3 nitrogen and oxygen atoms in total. The Balaban J connectivity index is 2.46. The van der Waals surface area contributed by atoms with E-state index in [1.54, 1.807) is 14.2 Å². The first-order valence-electron chi connectivity index (χ1n) is 6.23. The highest BCUT2D eigenvalue weighted by Crippen LogP contribution is 2.35. The van der Waals surface area contributed by atoms with Crippen molar-refractivity contribution in [3.63, 3.8) is 0 Å². The van der Waals surface area contributed by atoms with Crippen LogP contribution in [-0.2, 0) is 0 Å². The number of rotatable bonds is 4. The Morgan fingerprint density at radius 1 is 1.05 bits per heavy atom. The molecule has 0 aliphatic carbocycles. The Hall–Kier alpha value is -1.27. The van der Waals surface area contributed by atoms with Crippen molar-refractivity contribution in [1.29, 1.82) is 0 Å². The van der Waals surface area contributed by atoms with E-state index in [-0.39, 0.29) is 0 Å². The summed E-state index contributed by atoms with van der Waals surface area (Å²) in [6.07, 6.45) is -0.676. The molecule has 1 atom stereocenters.